The average molecular weight is 465 g/mol. The van der Waals surface area contributed by atoms with Crippen LogP contribution in [0.15, 0.2) is 77.3 Å². The van der Waals surface area contributed by atoms with Gasteiger partial charge in [0.15, 0.2) is 5.65 Å². The number of nitrogens with zero attached hydrogens (tertiary/aromatic N) is 4. The molecule has 0 bridgehead atoms. The van der Waals surface area contributed by atoms with Gasteiger partial charge in [0.05, 0.1) is 5.52 Å². The summed E-state index contributed by atoms with van der Waals surface area (Å²) in [4.78, 5) is 4.89. The molecule has 3 aromatic carbocycles. The normalized spacial score (nSPS) is 11.2. The molecule has 0 aliphatic rings. The Labute approximate surface area is 180 Å². The number of halogens is 2. The van der Waals surface area contributed by atoms with E-state index in [-0.39, 0.29) is 0 Å². The first-order chi connectivity index (χ1) is 14.2. The van der Waals surface area contributed by atoms with Gasteiger partial charge in [-0.1, -0.05) is 69.1 Å². The number of hydrogen-bond donors (Lipinski definition) is 1. The molecule has 0 aliphatic heterocycles. The zero-order chi connectivity index (χ0) is 19.8. The van der Waals surface area contributed by atoms with Crippen molar-refractivity contribution in [2.24, 2.45) is 0 Å². The highest BCUT2D eigenvalue weighted by atomic mass is 79.9. The van der Waals surface area contributed by atoms with Gasteiger partial charge in [-0.15, -0.1) is 5.10 Å². The van der Waals surface area contributed by atoms with E-state index in [2.05, 4.69) is 31.6 Å². The topological polar surface area (TPSA) is 55.1 Å². The summed E-state index contributed by atoms with van der Waals surface area (Å²) in [6, 6.07) is 23.8. The van der Waals surface area contributed by atoms with Crippen molar-refractivity contribution in [1.29, 1.82) is 0 Å². The summed E-state index contributed by atoms with van der Waals surface area (Å²) in [6.45, 7) is 0.637. The molecule has 2 aromatic heterocycles. The summed E-state index contributed by atoms with van der Waals surface area (Å²) >= 11 is 9.52. The molecule has 29 heavy (non-hydrogen) atoms. The molecule has 0 amide bonds. The molecule has 0 fully saturated rings. The van der Waals surface area contributed by atoms with Crippen molar-refractivity contribution in [3.63, 3.8) is 0 Å². The summed E-state index contributed by atoms with van der Waals surface area (Å²) in [5.41, 5.74) is 4.48. The molecule has 1 N–H and O–H groups in total. The highest BCUT2D eigenvalue weighted by molar-refractivity contribution is 9.10. The predicted molar refractivity (Wildman–Crippen MR) is 120 cm³/mol. The van der Waals surface area contributed by atoms with Crippen LogP contribution in [-0.4, -0.2) is 19.8 Å². The Morgan fingerprint density at radius 1 is 0.966 bits per heavy atom. The summed E-state index contributed by atoms with van der Waals surface area (Å²) in [5, 5.41) is 14.0. The third-order valence-electron chi connectivity index (χ3n) is 4.72. The number of hydrogen-bond acceptors (Lipinski definition) is 4. The summed E-state index contributed by atoms with van der Waals surface area (Å²) in [7, 11) is 0. The van der Waals surface area contributed by atoms with E-state index in [1.54, 1.807) is 4.52 Å². The van der Waals surface area contributed by atoms with Crippen molar-refractivity contribution >= 4 is 49.9 Å². The molecule has 0 saturated heterocycles. The Kier molecular flexibility index (Phi) is 4.66. The van der Waals surface area contributed by atoms with Crippen molar-refractivity contribution in [2.45, 2.75) is 6.54 Å². The Morgan fingerprint density at radius 2 is 1.79 bits per heavy atom. The lowest BCUT2D eigenvalue weighted by atomic mass is 10.1. The minimum atomic E-state index is 0.637. The maximum Gasteiger partial charge on any atom is 0.186 e. The molecule has 142 valence electrons. The van der Waals surface area contributed by atoms with Crippen LogP contribution in [0.25, 0.3) is 27.8 Å². The van der Waals surface area contributed by atoms with Crippen LogP contribution in [0.5, 0.6) is 0 Å². The lowest BCUT2D eigenvalue weighted by Crippen LogP contribution is -2.05. The number of anilines is 1. The Morgan fingerprint density at radius 3 is 2.62 bits per heavy atom. The quantitative estimate of drug-likeness (QED) is 0.356. The molecular weight excluding hydrogens is 450 g/mol. The number of rotatable bonds is 4. The molecule has 0 radical (unpaired) electrons. The Hall–Kier alpha value is -2.96. The van der Waals surface area contributed by atoms with Gasteiger partial charge in [-0.05, 0) is 42.0 Å². The standard InChI is InChI=1S/C22H15BrClN5/c23-16-5-3-4-15(12-16)20-22-26-21(25-13-14-8-10-17(24)11-9-14)18-6-1-2-7-19(18)29(22)28-27-20/h1-12H,13H2,(H,25,26). The van der Waals surface area contributed by atoms with Gasteiger partial charge in [-0.25, -0.2) is 4.98 Å². The molecule has 0 atom stereocenters. The van der Waals surface area contributed by atoms with Crippen LogP contribution in [0.1, 0.15) is 5.56 Å². The van der Waals surface area contributed by atoms with Crippen molar-refractivity contribution in [2.75, 3.05) is 5.32 Å². The number of aromatic nitrogens is 4. The monoisotopic (exact) mass is 463 g/mol. The second-order valence-corrected chi connectivity index (χ2v) is 7.99. The molecule has 2 heterocycles. The first-order valence-electron chi connectivity index (χ1n) is 9.07. The van der Waals surface area contributed by atoms with Crippen LogP contribution >= 0.6 is 27.5 Å². The number of para-hydroxylation sites is 1. The van der Waals surface area contributed by atoms with Gasteiger partial charge in [0.1, 0.15) is 11.5 Å². The van der Waals surface area contributed by atoms with Crippen molar-refractivity contribution in [3.8, 4) is 11.3 Å². The van der Waals surface area contributed by atoms with E-state index in [1.165, 1.54) is 0 Å². The highest BCUT2D eigenvalue weighted by Gasteiger charge is 2.15. The maximum absolute atomic E-state index is 5.99. The SMILES string of the molecule is Clc1ccc(CNc2nc3c(-c4cccc(Br)c4)nnn3c3ccccc23)cc1. The van der Waals surface area contributed by atoms with Gasteiger partial charge < -0.3 is 5.32 Å². The van der Waals surface area contributed by atoms with Crippen molar-refractivity contribution in [3.05, 3.63) is 87.9 Å². The lowest BCUT2D eigenvalue weighted by molar-refractivity contribution is 0.876. The molecule has 5 aromatic rings. The lowest BCUT2D eigenvalue weighted by Gasteiger charge is -2.11. The van der Waals surface area contributed by atoms with E-state index >= 15 is 0 Å². The molecule has 7 heteroatoms. The van der Waals surface area contributed by atoms with Crippen LogP contribution < -0.4 is 5.32 Å². The Bertz CT molecular complexity index is 1330. The van der Waals surface area contributed by atoms with E-state index in [4.69, 9.17) is 16.6 Å². The van der Waals surface area contributed by atoms with Crippen molar-refractivity contribution < 1.29 is 0 Å². The molecule has 0 unspecified atom stereocenters. The first kappa shape index (κ1) is 18.1. The van der Waals surface area contributed by atoms with E-state index in [0.29, 0.717) is 12.2 Å². The minimum absolute atomic E-state index is 0.637. The van der Waals surface area contributed by atoms with Crippen LogP contribution in [-0.2, 0) is 6.54 Å². The van der Waals surface area contributed by atoms with Crippen LogP contribution in [0.4, 0.5) is 5.82 Å². The summed E-state index contributed by atoms with van der Waals surface area (Å²) in [6.07, 6.45) is 0. The third kappa shape index (κ3) is 3.45. The van der Waals surface area contributed by atoms with Gasteiger partial charge in [-0.2, -0.15) is 4.52 Å². The third-order valence-corrected chi connectivity index (χ3v) is 5.47. The maximum atomic E-state index is 5.99. The number of benzene rings is 3. The van der Waals surface area contributed by atoms with E-state index < -0.39 is 0 Å². The fourth-order valence-corrected chi connectivity index (χ4v) is 3.83. The zero-order valence-electron chi connectivity index (χ0n) is 15.2. The fraction of sp³-hybridized carbons (Fsp3) is 0.0455. The summed E-state index contributed by atoms with van der Waals surface area (Å²) < 4.78 is 2.77. The first-order valence-corrected chi connectivity index (χ1v) is 10.2. The van der Waals surface area contributed by atoms with E-state index in [1.807, 2.05) is 72.8 Å². The van der Waals surface area contributed by atoms with Crippen molar-refractivity contribution in [1.82, 2.24) is 19.8 Å². The Balaban J connectivity index is 1.63. The van der Waals surface area contributed by atoms with Gasteiger partial charge in [0.25, 0.3) is 0 Å². The van der Waals surface area contributed by atoms with Gasteiger partial charge >= 0.3 is 0 Å². The molecule has 5 rings (SSSR count). The average Bonchev–Trinajstić information content (AvgIpc) is 3.17. The predicted octanol–water partition coefficient (Wildman–Crippen LogP) is 5.97. The fourth-order valence-electron chi connectivity index (χ4n) is 3.31. The second-order valence-electron chi connectivity index (χ2n) is 6.64. The van der Waals surface area contributed by atoms with Crippen LogP contribution in [0.3, 0.4) is 0 Å². The highest BCUT2D eigenvalue weighted by Crippen LogP contribution is 2.29. The van der Waals surface area contributed by atoms with Crippen LogP contribution in [0, 0.1) is 0 Å². The number of nitrogens with one attached hydrogen (secondary N) is 1. The molecule has 0 spiro atoms. The zero-order valence-corrected chi connectivity index (χ0v) is 17.5. The minimum Gasteiger partial charge on any atom is -0.365 e. The number of fused-ring (bicyclic) bond motifs is 3. The van der Waals surface area contributed by atoms with Crippen LogP contribution in [0.2, 0.25) is 5.02 Å². The summed E-state index contributed by atoms with van der Waals surface area (Å²) in [5.74, 6) is 0.793. The van der Waals surface area contributed by atoms with Gasteiger partial charge in [0.2, 0.25) is 0 Å². The van der Waals surface area contributed by atoms with E-state index in [9.17, 15) is 0 Å². The largest absolute Gasteiger partial charge is 0.365 e. The smallest absolute Gasteiger partial charge is 0.186 e. The molecule has 0 aliphatic carbocycles. The molecule has 0 saturated carbocycles. The molecular formula is C22H15BrClN5. The van der Waals surface area contributed by atoms with E-state index in [0.717, 1.165) is 43.0 Å². The van der Waals surface area contributed by atoms with Gasteiger partial charge in [0, 0.05) is 27.0 Å². The van der Waals surface area contributed by atoms with Gasteiger partial charge in [-0.3, -0.25) is 0 Å². The second kappa shape index (κ2) is 7.46. The molecule has 5 nitrogen and oxygen atoms in total.